The first-order chi connectivity index (χ1) is 8.16. The minimum absolute atomic E-state index is 0.199. The second kappa shape index (κ2) is 5.00. The van der Waals surface area contributed by atoms with Gasteiger partial charge in [0, 0.05) is 31.8 Å². The van der Waals surface area contributed by atoms with E-state index in [9.17, 15) is 4.79 Å². The van der Waals surface area contributed by atoms with Crippen LogP contribution in [0.5, 0.6) is 0 Å². The van der Waals surface area contributed by atoms with Crippen LogP contribution in [-0.2, 0) is 0 Å². The van der Waals surface area contributed by atoms with Crippen LogP contribution in [0.2, 0.25) is 0 Å². The monoisotopic (exact) mass is 227 g/mol. The number of benzene rings is 1. The van der Waals surface area contributed by atoms with Crippen LogP contribution in [0.3, 0.4) is 0 Å². The number of ketones is 1. The van der Waals surface area contributed by atoms with Gasteiger partial charge in [-0.1, -0.05) is 42.0 Å². The Morgan fingerprint density at radius 3 is 2.53 bits per heavy atom. The molecule has 0 aliphatic heterocycles. The Morgan fingerprint density at radius 1 is 1.24 bits per heavy atom. The molecule has 0 heterocycles. The van der Waals surface area contributed by atoms with Gasteiger partial charge >= 0.3 is 0 Å². The van der Waals surface area contributed by atoms with Crippen molar-refractivity contribution in [1.29, 1.82) is 0 Å². The van der Waals surface area contributed by atoms with E-state index in [-0.39, 0.29) is 5.78 Å². The van der Waals surface area contributed by atoms with Crippen molar-refractivity contribution in [1.82, 2.24) is 4.90 Å². The Bertz CT molecular complexity index is 469. The lowest BCUT2D eigenvalue weighted by Gasteiger charge is -2.10. The fraction of sp³-hybridized carbons (Fsp3) is 0.267. The van der Waals surface area contributed by atoms with Crippen molar-refractivity contribution in [3.63, 3.8) is 0 Å². The Balaban J connectivity index is 2.01. The van der Waals surface area contributed by atoms with Crippen LogP contribution in [-0.4, -0.2) is 24.8 Å². The number of carbonyl (C=O) groups excluding carboxylic acids is 1. The molecule has 0 saturated carbocycles. The zero-order chi connectivity index (χ0) is 12.3. The third-order valence-electron chi connectivity index (χ3n) is 2.93. The maximum atomic E-state index is 12.0. The van der Waals surface area contributed by atoms with Crippen molar-refractivity contribution in [2.45, 2.75) is 12.8 Å². The summed E-state index contributed by atoms with van der Waals surface area (Å²) in [5, 5.41) is 0. The summed E-state index contributed by atoms with van der Waals surface area (Å²) >= 11 is 0. The summed E-state index contributed by atoms with van der Waals surface area (Å²) in [6.07, 6.45) is 5.69. The third-order valence-corrected chi connectivity index (χ3v) is 2.93. The first-order valence-corrected chi connectivity index (χ1v) is 5.82. The Hall–Kier alpha value is -1.83. The number of rotatable bonds is 4. The summed E-state index contributed by atoms with van der Waals surface area (Å²) < 4.78 is 0. The standard InChI is InChI=1S/C15H17NO/c1-16(2)14-9-8-12(10-14)11-15(17)13-6-4-3-5-7-13/h3-7,9-10H,8,11H2,1-2H3. The molecule has 0 amide bonds. The number of carbonyl (C=O) groups is 1. The van der Waals surface area contributed by atoms with E-state index in [4.69, 9.17) is 0 Å². The number of likely N-dealkylation sites (N-methyl/N-ethyl adjacent to an activating group) is 1. The maximum Gasteiger partial charge on any atom is 0.166 e. The van der Waals surface area contributed by atoms with E-state index in [1.54, 1.807) is 0 Å². The molecule has 0 radical (unpaired) electrons. The lowest BCUT2D eigenvalue weighted by atomic mass is 10.0. The lowest BCUT2D eigenvalue weighted by molar-refractivity contribution is 0.0992. The molecular formula is C15H17NO. The van der Waals surface area contributed by atoms with E-state index in [0.717, 1.165) is 12.0 Å². The van der Waals surface area contributed by atoms with E-state index < -0.39 is 0 Å². The third kappa shape index (κ3) is 2.84. The molecule has 2 rings (SSSR count). The molecule has 0 unspecified atom stereocenters. The minimum atomic E-state index is 0.199. The van der Waals surface area contributed by atoms with Gasteiger partial charge in [-0.3, -0.25) is 4.79 Å². The van der Waals surface area contributed by atoms with Gasteiger partial charge in [-0.2, -0.15) is 0 Å². The van der Waals surface area contributed by atoms with Crippen molar-refractivity contribution in [2.24, 2.45) is 0 Å². The average molecular weight is 227 g/mol. The van der Waals surface area contributed by atoms with E-state index in [0.29, 0.717) is 6.42 Å². The molecule has 0 bridgehead atoms. The highest BCUT2D eigenvalue weighted by molar-refractivity contribution is 5.97. The van der Waals surface area contributed by atoms with E-state index >= 15 is 0 Å². The molecule has 0 spiro atoms. The van der Waals surface area contributed by atoms with Gasteiger partial charge in [-0.25, -0.2) is 0 Å². The van der Waals surface area contributed by atoms with E-state index in [1.807, 2.05) is 44.4 Å². The number of hydrogen-bond donors (Lipinski definition) is 0. The fourth-order valence-electron chi connectivity index (χ4n) is 1.93. The van der Waals surface area contributed by atoms with Crippen molar-refractivity contribution >= 4 is 5.78 Å². The van der Waals surface area contributed by atoms with Gasteiger partial charge in [-0.15, -0.1) is 0 Å². The number of Topliss-reactive ketones (excluding diaryl/α,β-unsaturated/α-hetero) is 1. The van der Waals surface area contributed by atoms with Crippen molar-refractivity contribution in [3.05, 3.63) is 59.3 Å². The predicted molar refractivity (Wildman–Crippen MR) is 69.9 cm³/mol. The van der Waals surface area contributed by atoms with Gasteiger partial charge in [0.25, 0.3) is 0 Å². The second-order valence-electron chi connectivity index (χ2n) is 4.50. The molecular weight excluding hydrogens is 210 g/mol. The number of allylic oxidation sites excluding steroid dienone is 3. The summed E-state index contributed by atoms with van der Waals surface area (Å²) in [7, 11) is 4.04. The molecule has 1 aliphatic carbocycles. The molecule has 0 aromatic heterocycles. The first-order valence-electron chi connectivity index (χ1n) is 5.82. The second-order valence-corrected chi connectivity index (χ2v) is 4.50. The Labute approximate surface area is 102 Å². The van der Waals surface area contributed by atoms with Crippen molar-refractivity contribution in [3.8, 4) is 0 Å². The highest BCUT2D eigenvalue weighted by Crippen LogP contribution is 2.22. The van der Waals surface area contributed by atoms with Crippen LogP contribution in [0.15, 0.2) is 53.8 Å². The van der Waals surface area contributed by atoms with Crippen LogP contribution in [0, 0.1) is 0 Å². The van der Waals surface area contributed by atoms with Gasteiger partial charge in [0.2, 0.25) is 0 Å². The normalized spacial score (nSPS) is 14.2. The largest absolute Gasteiger partial charge is 0.378 e. The molecule has 17 heavy (non-hydrogen) atoms. The molecule has 2 heteroatoms. The van der Waals surface area contributed by atoms with Crippen LogP contribution >= 0.6 is 0 Å². The van der Waals surface area contributed by atoms with Crippen LogP contribution in [0.4, 0.5) is 0 Å². The number of hydrogen-bond acceptors (Lipinski definition) is 2. The van der Waals surface area contributed by atoms with Crippen molar-refractivity contribution < 1.29 is 4.79 Å². The zero-order valence-corrected chi connectivity index (χ0v) is 10.3. The summed E-state index contributed by atoms with van der Waals surface area (Å²) in [5.74, 6) is 0.199. The molecule has 0 saturated heterocycles. The molecule has 2 nitrogen and oxygen atoms in total. The molecule has 0 fully saturated rings. The Kier molecular flexibility index (Phi) is 3.43. The summed E-state index contributed by atoms with van der Waals surface area (Å²) in [4.78, 5) is 14.1. The van der Waals surface area contributed by atoms with Gasteiger partial charge in [0.1, 0.15) is 0 Å². The van der Waals surface area contributed by atoms with Gasteiger partial charge in [0.05, 0.1) is 0 Å². The molecule has 1 aliphatic rings. The minimum Gasteiger partial charge on any atom is -0.378 e. The smallest absolute Gasteiger partial charge is 0.166 e. The Morgan fingerprint density at radius 2 is 1.94 bits per heavy atom. The van der Waals surface area contributed by atoms with Crippen LogP contribution in [0.25, 0.3) is 0 Å². The van der Waals surface area contributed by atoms with E-state index in [2.05, 4.69) is 17.1 Å². The maximum absolute atomic E-state index is 12.0. The summed E-state index contributed by atoms with van der Waals surface area (Å²) in [6, 6.07) is 9.48. The average Bonchev–Trinajstić information content (AvgIpc) is 2.79. The molecule has 88 valence electrons. The highest BCUT2D eigenvalue weighted by Gasteiger charge is 2.12. The predicted octanol–water partition coefficient (Wildman–Crippen LogP) is 3.04. The highest BCUT2D eigenvalue weighted by atomic mass is 16.1. The van der Waals surface area contributed by atoms with Gasteiger partial charge in [0.15, 0.2) is 5.78 Å². The van der Waals surface area contributed by atoms with Crippen molar-refractivity contribution in [2.75, 3.05) is 14.1 Å². The molecule has 0 N–H and O–H groups in total. The van der Waals surface area contributed by atoms with Gasteiger partial charge < -0.3 is 4.90 Å². The summed E-state index contributed by atoms with van der Waals surface area (Å²) in [5.41, 5.74) is 3.19. The zero-order valence-electron chi connectivity index (χ0n) is 10.3. The lowest BCUT2D eigenvalue weighted by Crippen LogP contribution is -2.07. The van der Waals surface area contributed by atoms with Gasteiger partial charge in [-0.05, 0) is 12.5 Å². The SMILES string of the molecule is CN(C)C1=CCC(CC(=O)c2ccccc2)=C1. The molecule has 1 aromatic rings. The summed E-state index contributed by atoms with van der Waals surface area (Å²) in [6.45, 7) is 0. The van der Waals surface area contributed by atoms with Crippen LogP contribution < -0.4 is 0 Å². The number of nitrogens with zero attached hydrogens (tertiary/aromatic N) is 1. The molecule has 1 aromatic carbocycles. The quantitative estimate of drug-likeness (QED) is 0.737. The van der Waals surface area contributed by atoms with E-state index in [1.165, 1.54) is 11.3 Å². The topological polar surface area (TPSA) is 20.3 Å². The van der Waals surface area contributed by atoms with Crippen LogP contribution in [0.1, 0.15) is 23.2 Å². The first kappa shape index (κ1) is 11.6. The fourth-order valence-corrected chi connectivity index (χ4v) is 1.93. The molecule has 0 atom stereocenters.